The number of rotatable bonds is 1. The third-order valence-corrected chi connectivity index (χ3v) is 6.13. The summed E-state index contributed by atoms with van der Waals surface area (Å²) >= 11 is 0. The Balaban J connectivity index is 1.72. The number of aromatic amines is 2. The number of carbonyl (C=O) groups is 1. The van der Waals surface area contributed by atoms with E-state index in [1.54, 1.807) is 0 Å². The van der Waals surface area contributed by atoms with E-state index in [0.29, 0.717) is 6.54 Å². The van der Waals surface area contributed by atoms with Crippen molar-refractivity contribution >= 4 is 22.5 Å². The zero-order valence-corrected chi connectivity index (χ0v) is 16.6. The highest BCUT2D eigenvalue weighted by molar-refractivity contribution is 6.10. The van der Waals surface area contributed by atoms with Gasteiger partial charge in [-0.15, -0.1) is 5.92 Å². The molecule has 1 aromatic carbocycles. The Morgan fingerprint density at radius 2 is 2.11 bits per heavy atom. The summed E-state index contributed by atoms with van der Waals surface area (Å²) < 4.78 is 0. The van der Waals surface area contributed by atoms with Crippen LogP contribution >= 0.6 is 0 Å². The molecule has 5 rings (SSSR count). The molecule has 1 aliphatic heterocycles. The lowest BCUT2D eigenvalue weighted by Gasteiger charge is -2.18. The van der Waals surface area contributed by atoms with Crippen molar-refractivity contribution in [3.05, 3.63) is 35.0 Å². The van der Waals surface area contributed by atoms with Crippen molar-refractivity contribution in [2.24, 2.45) is 0 Å². The average molecular weight is 372 g/mol. The molecule has 0 spiro atoms. The summed E-state index contributed by atoms with van der Waals surface area (Å²) in [5.74, 6) is 6.36. The third kappa shape index (κ3) is 2.27. The van der Waals surface area contributed by atoms with E-state index in [-0.39, 0.29) is 5.91 Å². The number of fused-ring (bicyclic) bond motifs is 6. The molecule has 0 fully saturated rings. The van der Waals surface area contributed by atoms with E-state index in [0.717, 1.165) is 53.8 Å². The van der Waals surface area contributed by atoms with Gasteiger partial charge in [0.05, 0.1) is 17.7 Å². The number of nitrogens with one attached hydrogen (secondary N) is 2. The highest BCUT2D eigenvalue weighted by atomic mass is 16.2. The van der Waals surface area contributed by atoms with Crippen LogP contribution in [0, 0.1) is 11.8 Å². The van der Waals surface area contributed by atoms with E-state index in [4.69, 9.17) is 0 Å². The first-order chi connectivity index (χ1) is 13.5. The summed E-state index contributed by atoms with van der Waals surface area (Å²) in [6.07, 6.45) is 5.95. The Labute approximate surface area is 164 Å². The Kier molecular flexibility index (Phi) is 3.67. The number of anilines is 1. The van der Waals surface area contributed by atoms with E-state index >= 15 is 0 Å². The standard InChI is InChI=1S/C23H24N4O/c1-4-5-6-10-27-19-11-16-15-9-7-8-14-13-24-26-20(14)21(15)25-18(16)12-17(19)23(2,3)22(27)28/h11-13,25H,4,7-10H2,1-3H3,(H,24,26). The van der Waals surface area contributed by atoms with Crippen LogP contribution in [0.25, 0.3) is 22.3 Å². The lowest BCUT2D eigenvalue weighted by Crippen LogP contribution is -2.36. The molecule has 5 heteroatoms. The molecule has 5 nitrogen and oxygen atoms in total. The zero-order valence-electron chi connectivity index (χ0n) is 16.6. The first-order valence-electron chi connectivity index (χ1n) is 10.0. The summed E-state index contributed by atoms with van der Waals surface area (Å²) in [5.41, 5.74) is 7.34. The predicted molar refractivity (Wildman–Crippen MR) is 111 cm³/mol. The molecule has 0 unspecified atom stereocenters. The van der Waals surface area contributed by atoms with Crippen molar-refractivity contribution in [3.8, 4) is 23.2 Å². The smallest absolute Gasteiger partial charge is 0.238 e. The van der Waals surface area contributed by atoms with Gasteiger partial charge in [-0.05, 0) is 61.9 Å². The fourth-order valence-corrected chi connectivity index (χ4v) is 4.63. The van der Waals surface area contributed by atoms with Crippen LogP contribution in [0.2, 0.25) is 0 Å². The SMILES string of the molecule is CCC#CCN1C(=O)C(C)(C)c2cc3[nH]c4c(c3cc21)CCCc1c[nH]nc1-4. The summed E-state index contributed by atoms with van der Waals surface area (Å²) in [6, 6.07) is 4.36. The van der Waals surface area contributed by atoms with Crippen molar-refractivity contribution in [1.29, 1.82) is 0 Å². The van der Waals surface area contributed by atoms with Gasteiger partial charge in [0.1, 0.15) is 5.69 Å². The van der Waals surface area contributed by atoms with Crippen LogP contribution in [-0.2, 0) is 23.1 Å². The van der Waals surface area contributed by atoms with Crippen LogP contribution in [0.3, 0.4) is 0 Å². The summed E-state index contributed by atoms with van der Waals surface area (Å²) in [4.78, 5) is 18.5. The van der Waals surface area contributed by atoms with E-state index in [2.05, 4.69) is 39.2 Å². The van der Waals surface area contributed by atoms with Crippen LogP contribution in [-0.4, -0.2) is 27.6 Å². The van der Waals surface area contributed by atoms with E-state index in [9.17, 15) is 4.79 Å². The Morgan fingerprint density at radius 1 is 1.25 bits per heavy atom. The van der Waals surface area contributed by atoms with E-state index in [1.165, 1.54) is 16.5 Å². The van der Waals surface area contributed by atoms with Crippen LogP contribution in [0.4, 0.5) is 5.69 Å². The number of amides is 1. The molecule has 2 aliphatic rings. The van der Waals surface area contributed by atoms with Gasteiger partial charge >= 0.3 is 0 Å². The molecule has 1 aliphatic carbocycles. The predicted octanol–water partition coefficient (Wildman–Crippen LogP) is 4.08. The van der Waals surface area contributed by atoms with Gasteiger partial charge in [0.2, 0.25) is 5.91 Å². The van der Waals surface area contributed by atoms with Crippen LogP contribution in [0.1, 0.15) is 50.3 Å². The molecule has 3 heterocycles. The number of benzene rings is 1. The Hall–Kier alpha value is -3.00. The largest absolute Gasteiger partial charge is 0.353 e. The Bertz CT molecular complexity index is 1170. The van der Waals surface area contributed by atoms with Gasteiger partial charge in [0.15, 0.2) is 0 Å². The fourth-order valence-electron chi connectivity index (χ4n) is 4.63. The second kappa shape index (κ2) is 6.00. The number of hydrogen-bond donors (Lipinski definition) is 2. The van der Waals surface area contributed by atoms with Gasteiger partial charge in [-0.25, -0.2) is 0 Å². The van der Waals surface area contributed by atoms with E-state index in [1.807, 2.05) is 31.9 Å². The number of carbonyl (C=O) groups excluding carboxylic acids is 1. The lowest BCUT2D eigenvalue weighted by molar-refractivity contribution is -0.121. The summed E-state index contributed by atoms with van der Waals surface area (Å²) in [6.45, 7) is 6.49. The molecular weight excluding hydrogens is 348 g/mol. The van der Waals surface area contributed by atoms with Gasteiger partial charge in [-0.1, -0.05) is 12.8 Å². The Morgan fingerprint density at radius 3 is 2.93 bits per heavy atom. The van der Waals surface area contributed by atoms with Crippen molar-refractivity contribution in [3.63, 3.8) is 0 Å². The molecule has 0 radical (unpaired) electrons. The summed E-state index contributed by atoms with van der Waals surface area (Å²) in [5, 5.41) is 8.71. The van der Waals surface area contributed by atoms with Gasteiger partial charge in [0.25, 0.3) is 0 Å². The maximum atomic E-state index is 13.1. The number of aromatic nitrogens is 3. The zero-order chi connectivity index (χ0) is 19.5. The van der Waals surface area contributed by atoms with Gasteiger partial charge < -0.3 is 4.98 Å². The topological polar surface area (TPSA) is 64.8 Å². The van der Waals surface area contributed by atoms with Gasteiger partial charge in [-0.2, -0.15) is 5.10 Å². The minimum Gasteiger partial charge on any atom is -0.353 e. The van der Waals surface area contributed by atoms with Gasteiger partial charge in [0, 0.05) is 29.2 Å². The molecule has 0 saturated carbocycles. The molecule has 0 saturated heterocycles. The number of hydrogen-bond acceptors (Lipinski definition) is 2. The number of H-pyrrole nitrogens is 2. The molecular formula is C23H24N4O. The van der Waals surface area contributed by atoms with Crippen LogP contribution in [0.5, 0.6) is 0 Å². The van der Waals surface area contributed by atoms with Crippen molar-refractivity contribution < 1.29 is 4.79 Å². The summed E-state index contributed by atoms with van der Waals surface area (Å²) in [7, 11) is 0. The fraction of sp³-hybridized carbons (Fsp3) is 0.391. The van der Waals surface area contributed by atoms with Crippen LogP contribution in [0.15, 0.2) is 18.3 Å². The second-order valence-corrected chi connectivity index (χ2v) is 8.23. The minimum absolute atomic E-state index is 0.126. The lowest BCUT2D eigenvalue weighted by atomic mass is 9.85. The average Bonchev–Trinajstić information content (AvgIpc) is 3.29. The first-order valence-corrected chi connectivity index (χ1v) is 10.0. The molecule has 0 atom stereocenters. The first kappa shape index (κ1) is 17.1. The van der Waals surface area contributed by atoms with Crippen molar-refractivity contribution in [1.82, 2.24) is 15.2 Å². The number of aryl methyl sites for hydroxylation is 2. The molecule has 2 N–H and O–H groups in total. The number of nitrogens with zero attached hydrogens (tertiary/aromatic N) is 2. The van der Waals surface area contributed by atoms with Crippen LogP contribution < -0.4 is 4.90 Å². The normalized spacial score (nSPS) is 17.0. The van der Waals surface area contributed by atoms with Gasteiger partial charge in [-0.3, -0.25) is 14.8 Å². The third-order valence-electron chi connectivity index (χ3n) is 6.13. The highest BCUT2D eigenvalue weighted by Gasteiger charge is 2.44. The molecule has 2 aromatic heterocycles. The second-order valence-electron chi connectivity index (χ2n) is 8.23. The highest BCUT2D eigenvalue weighted by Crippen LogP contribution is 2.45. The van der Waals surface area contributed by atoms with E-state index < -0.39 is 5.41 Å². The minimum atomic E-state index is -0.544. The molecule has 142 valence electrons. The van der Waals surface area contributed by atoms with Crippen molar-refractivity contribution in [2.45, 2.75) is 51.9 Å². The molecule has 28 heavy (non-hydrogen) atoms. The quantitative estimate of drug-likeness (QED) is 0.632. The maximum absolute atomic E-state index is 13.1. The van der Waals surface area contributed by atoms with Crippen molar-refractivity contribution in [2.75, 3.05) is 11.4 Å². The maximum Gasteiger partial charge on any atom is 0.238 e. The monoisotopic (exact) mass is 372 g/mol. The molecule has 0 bridgehead atoms. The molecule has 1 amide bonds. The molecule has 3 aromatic rings.